The quantitative estimate of drug-likeness (QED) is 0.470. The van der Waals surface area contributed by atoms with Gasteiger partial charge < -0.3 is 20.1 Å². The van der Waals surface area contributed by atoms with E-state index in [0.29, 0.717) is 16.4 Å². The number of halogens is 3. The minimum Gasteiger partial charge on any atom is -0.387 e. The number of aliphatic hydroxyl groups excluding tert-OH is 2. The summed E-state index contributed by atoms with van der Waals surface area (Å²) in [4.78, 5) is 9.65. The highest BCUT2D eigenvalue weighted by molar-refractivity contribution is 8.68. The molecule has 4 atom stereocenters. The maximum Gasteiger partial charge on any atom is 0.453 e. The number of ether oxygens (including phenoxy) is 1. The van der Waals surface area contributed by atoms with E-state index in [1.54, 1.807) is 18.2 Å². The molecule has 1 aliphatic rings. The number of hydrogen-bond donors (Lipinski definition) is 4. The lowest BCUT2D eigenvalue weighted by molar-refractivity contribution is -0.258. The van der Waals surface area contributed by atoms with Gasteiger partial charge in [0.25, 0.3) is 5.78 Å². The Morgan fingerprint density at radius 3 is 2.30 bits per heavy atom. The summed E-state index contributed by atoms with van der Waals surface area (Å²) >= 11 is 3.96. The molecule has 0 unspecified atom stereocenters. The van der Waals surface area contributed by atoms with Crippen molar-refractivity contribution in [1.29, 1.82) is 0 Å². The molecular weight excluding hydrogens is 357 g/mol. The molecule has 2 rings (SSSR count). The second kappa shape index (κ2) is 6.26. The van der Waals surface area contributed by atoms with Crippen LogP contribution >= 0.6 is 22.5 Å². The lowest BCUT2D eigenvalue weighted by atomic mass is 9.82. The van der Waals surface area contributed by atoms with Crippen LogP contribution in [-0.4, -0.2) is 51.7 Å². The van der Waals surface area contributed by atoms with E-state index in [0.717, 1.165) is 0 Å². The van der Waals surface area contributed by atoms with Gasteiger partial charge in [0.05, 0.1) is 6.61 Å². The third-order valence-electron chi connectivity index (χ3n) is 3.65. The summed E-state index contributed by atoms with van der Waals surface area (Å²) in [6.45, 7) is -1.15. The summed E-state index contributed by atoms with van der Waals surface area (Å²) in [5.41, 5.74) is -2.98. The Bertz CT molecular complexity index is 585. The van der Waals surface area contributed by atoms with Gasteiger partial charge in [0.2, 0.25) is 0 Å². The molecule has 5 nitrogen and oxygen atoms in total. The number of thiol groups is 1. The number of ketones is 1. The van der Waals surface area contributed by atoms with E-state index in [1.807, 2.05) is 0 Å². The maximum atomic E-state index is 12.6. The van der Waals surface area contributed by atoms with Crippen LogP contribution in [0.3, 0.4) is 0 Å². The number of aliphatic hydroxyl groups is 3. The Morgan fingerprint density at radius 1 is 1.26 bits per heavy atom. The number of Topliss-reactive ketones (excluding diaryl/α,β-unsaturated/α-hetero) is 1. The molecule has 1 aromatic carbocycles. The number of carbonyl (C=O) groups excluding carboxylic acids is 1. The second-order valence-electron chi connectivity index (χ2n) is 5.05. The first-order chi connectivity index (χ1) is 10.6. The predicted molar refractivity (Wildman–Crippen MR) is 78.7 cm³/mol. The van der Waals surface area contributed by atoms with Gasteiger partial charge in [0.1, 0.15) is 12.2 Å². The van der Waals surface area contributed by atoms with Crippen LogP contribution in [-0.2, 0) is 14.5 Å². The molecular formula is C13H13F3O5S2. The molecule has 0 amide bonds. The summed E-state index contributed by atoms with van der Waals surface area (Å²) in [5, 5.41) is 30.2. The largest absolute Gasteiger partial charge is 0.453 e. The molecule has 1 aromatic rings. The highest BCUT2D eigenvalue weighted by atomic mass is 33.1. The van der Waals surface area contributed by atoms with Crippen molar-refractivity contribution in [3.63, 3.8) is 0 Å². The number of benzene rings is 1. The first-order valence-corrected chi connectivity index (χ1v) is 8.18. The maximum absolute atomic E-state index is 12.6. The van der Waals surface area contributed by atoms with Crippen molar-refractivity contribution in [2.24, 2.45) is 0 Å². The molecule has 0 radical (unpaired) electrons. The summed E-state index contributed by atoms with van der Waals surface area (Å²) in [6, 6.07) is 7.86. The lowest BCUT2D eigenvalue weighted by Crippen LogP contribution is -2.69. The Balaban J connectivity index is 2.41. The minimum absolute atomic E-state index is 0.313. The van der Waals surface area contributed by atoms with Crippen molar-refractivity contribution in [1.82, 2.24) is 0 Å². The van der Waals surface area contributed by atoms with Gasteiger partial charge in [-0.15, -0.1) is 11.7 Å². The zero-order valence-corrected chi connectivity index (χ0v) is 13.1. The van der Waals surface area contributed by atoms with E-state index in [2.05, 4.69) is 11.7 Å². The minimum atomic E-state index is -5.39. The standard InChI is InChI=1S/C13H13F3O5S2/c14-13(15,16)10(19)11(20)6-21-12(23-22,9(18)8(11)17)7-4-2-1-3-5-7/h1-5,8-9,17-18,20,22H,6H2/t8-,9-,11-,12+/m1/s1. The van der Waals surface area contributed by atoms with Crippen molar-refractivity contribution in [3.05, 3.63) is 35.9 Å². The van der Waals surface area contributed by atoms with Crippen LogP contribution in [0.25, 0.3) is 0 Å². The van der Waals surface area contributed by atoms with Crippen LogP contribution in [0.2, 0.25) is 0 Å². The van der Waals surface area contributed by atoms with E-state index in [9.17, 15) is 33.3 Å². The Hall–Kier alpha value is -0.780. The monoisotopic (exact) mass is 370 g/mol. The molecule has 0 aromatic heterocycles. The van der Waals surface area contributed by atoms with E-state index >= 15 is 0 Å². The highest BCUT2D eigenvalue weighted by Crippen LogP contribution is 2.49. The smallest absolute Gasteiger partial charge is 0.387 e. The average molecular weight is 370 g/mol. The SMILES string of the molecule is O=C(C(F)(F)F)[C@@]1(O)CO[C@](SS)(c2ccccc2)[C@H](O)[C@H]1O. The molecule has 0 aliphatic carbocycles. The van der Waals surface area contributed by atoms with Crippen LogP contribution < -0.4 is 0 Å². The fraction of sp³-hybridized carbons (Fsp3) is 0.462. The van der Waals surface area contributed by atoms with Gasteiger partial charge >= 0.3 is 6.18 Å². The van der Waals surface area contributed by atoms with E-state index in [1.165, 1.54) is 12.1 Å². The van der Waals surface area contributed by atoms with E-state index in [-0.39, 0.29) is 0 Å². The van der Waals surface area contributed by atoms with Gasteiger partial charge in [-0.1, -0.05) is 41.1 Å². The second-order valence-corrected chi connectivity index (χ2v) is 6.39. The average Bonchev–Trinajstić information content (AvgIpc) is 2.53. The fourth-order valence-electron chi connectivity index (χ4n) is 2.36. The van der Waals surface area contributed by atoms with Gasteiger partial charge in [0.15, 0.2) is 10.5 Å². The van der Waals surface area contributed by atoms with Crippen LogP contribution in [0.5, 0.6) is 0 Å². The first-order valence-electron chi connectivity index (χ1n) is 6.32. The van der Waals surface area contributed by atoms with Crippen molar-refractivity contribution in [2.45, 2.75) is 28.9 Å². The predicted octanol–water partition coefficient (Wildman–Crippen LogP) is 1.03. The Labute approximate surface area is 138 Å². The van der Waals surface area contributed by atoms with Gasteiger partial charge in [-0.25, -0.2) is 0 Å². The first kappa shape index (κ1) is 18.6. The molecule has 3 N–H and O–H groups in total. The third kappa shape index (κ3) is 2.99. The molecule has 1 fully saturated rings. The molecule has 10 heteroatoms. The molecule has 0 bridgehead atoms. The molecule has 1 aliphatic heterocycles. The Kier molecular flexibility index (Phi) is 5.05. The van der Waals surface area contributed by atoms with Crippen molar-refractivity contribution >= 4 is 28.2 Å². The topological polar surface area (TPSA) is 87.0 Å². The molecule has 23 heavy (non-hydrogen) atoms. The number of hydrogen-bond acceptors (Lipinski definition) is 7. The van der Waals surface area contributed by atoms with Crippen molar-refractivity contribution in [2.75, 3.05) is 6.61 Å². The van der Waals surface area contributed by atoms with E-state index in [4.69, 9.17) is 4.74 Å². The molecule has 1 heterocycles. The number of alkyl halides is 3. The van der Waals surface area contributed by atoms with Crippen LogP contribution in [0, 0.1) is 0 Å². The summed E-state index contributed by atoms with van der Waals surface area (Å²) in [6.07, 6.45) is -9.83. The number of carbonyl (C=O) groups is 1. The zero-order valence-electron chi connectivity index (χ0n) is 11.4. The van der Waals surface area contributed by atoms with Crippen LogP contribution in [0.1, 0.15) is 5.56 Å². The van der Waals surface area contributed by atoms with Crippen LogP contribution in [0.15, 0.2) is 30.3 Å². The summed E-state index contributed by atoms with van der Waals surface area (Å²) in [5.74, 6) is -2.58. The van der Waals surface area contributed by atoms with Gasteiger partial charge in [-0.3, -0.25) is 4.79 Å². The van der Waals surface area contributed by atoms with Gasteiger partial charge in [-0.2, -0.15) is 13.2 Å². The highest BCUT2D eigenvalue weighted by Gasteiger charge is 2.64. The number of rotatable bonds is 3. The summed E-state index contributed by atoms with van der Waals surface area (Å²) < 4.78 is 43.0. The molecule has 128 valence electrons. The summed E-state index contributed by atoms with van der Waals surface area (Å²) in [7, 11) is 0.637. The third-order valence-corrected chi connectivity index (χ3v) is 5.33. The molecule has 1 saturated heterocycles. The van der Waals surface area contributed by atoms with Gasteiger partial charge in [0, 0.05) is 0 Å². The lowest BCUT2D eigenvalue weighted by Gasteiger charge is -2.48. The van der Waals surface area contributed by atoms with Crippen molar-refractivity contribution < 1.29 is 38.0 Å². The van der Waals surface area contributed by atoms with Crippen molar-refractivity contribution in [3.8, 4) is 0 Å². The zero-order chi connectivity index (χ0) is 17.5. The Morgan fingerprint density at radius 2 is 1.83 bits per heavy atom. The molecule has 0 saturated carbocycles. The molecule has 0 spiro atoms. The fourth-order valence-corrected chi connectivity index (χ4v) is 3.75. The van der Waals surface area contributed by atoms with Crippen LogP contribution in [0.4, 0.5) is 13.2 Å². The normalized spacial score (nSPS) is 35.1. The van der Waals surface area contributed by atoms with E-state index < -0.39 is 41.3 Å². The van der Waals surface area contributed by atoms with Gasteiger partial charge in [-0.05, 0) is 5.56 Å².